The Morgan fingerprint density at radius 1 is 1.04 bits per heavy atom. The molecule has 6 heteroatoms. The van der Waals surface area contributed by atoms with Gasteiger partial charge < -0.3 is 9.47 Å². The lowest BCUT2D eigenvalue weighted by molar-refractivity contribution is 0.196. The standard InChI is InChI=1S/C18H21NO4S/c1-13-7-9-14(10-8-13)24(20,21)19-12-11-16(19)15-5-4-6-17(22-2)18(15)23-3/h4-10,16H,11-12H2,1-3H3. The Hall–Kier alpha value is -2.05. The Labute approximate surface area is 142 Å². The van der Waals surface area contributed by atoms with Crippen molar-refractivity contribution < 1.29 is 17.9 Å². The van der Waals surface area contributed by atoms with Gasteiger partial charge in [0, 0.05) is 12.1 Å². The third-order valence-corrected chi connectivity index (χ3v) is 6.31. The van der Waals surface area contributed by atoms with Crippen LogP contribution >= 0.6 is 0 Å². The van der Waals surface area contributed by atoms with E-state index in [4.69, 9.17) is 9.47 Å². The van der Waals surface area contributed by atoms with Gasteiger partial charge in [-0.25, -0.2) is 8.42 Å². The lowest BCUT2D eigenvalue weighted by atomic mass is 9.96. The third-order valence-electron chi connectivity index (χ3n) is 4.39. The molecule has 1 fully saturated rings. The first-order valence-corrected chi connectivity index (χ1v) is 9.22. The molecular formula is C18H21NO4S. The summed E-state index contributed by atoms with van der Waals surface area (Å²) in [5, 5.41) is 0. The van der Waals surface area contributed by atoms with Crippen LogP contribution in [0.1, 0.15) is 23.6 Å². The van der Waals surface area contributed by atoms with Gasteiger partial charge in [-0.15, -0.1) is 0 Å². The maximum Gasteiger partial charge on any atom is 0.243 e. The molecule has 0 aliphatic carbocycles. The van der Waals surface area contributed by atoms with Crippen LogP contribution in [0.2, 0.25) is 0 Å². The van der Waals surface area contributed by atoms with Gasteiger partial charge in [-0.05, 0) is 31.5 Å². The second-order valence-electron chi connectivity index (χ2n) is 5.82. The van der Waals surface area contributed by atoms with Gasteiger partial charge in [0.25, 0.3) is 0 Å². The number of para-hydroxylation sites is 1. The van der Waals surface area contributed by atoms with Crippen LogP contribution in [0.4, 0.5) is 0 Å². The fourth-order valence-corrected chi connectivity index (χ4v) is 4.63. The smallest absolute Gasteiger partial charge is 0.243 e. The largest absolute Gasteiger partial charge is 0.493 e. The molecule has 1 atom stereocenters. The molecule has 1 heterocycles. The molecule has 0 spiro atoms. The fraction of sp³-hybridized carbons (Fsp3) is 0.333. The summed E-state index contributed by atoms with van der Waals surface area (Å²) >= 11 is 0. The molecule has 0 bridgehead atoms. The molecule has 3 rings (SSSR count). The van der Waals surface area contributed by atoms with E-state index in [9.17, 15) is 8.42 Å². The van der Waals surface area contributed by atoms with Gasteiger partial charge >= 0.3 is 0 Å². The van der Waals surface area contributed by atoms with Crippen molar-refractivity contribution in [3.63, 3.8) is 0 Å². The van der Waals surface area contributed by atoms with E-state index < -0.39 is 10.0 Å². The van der Waals surface area contributed by atoms with E-state index in [0.29, 0.717) is 22.9 Å². The van der Waals surface area contributed by atoms with Gasteiger partial charge in [0.05, 0.1) is 25.2 Å². The van der Waals surface area contributed by atoms with E-state index in [1.807, 2.05) is 31.2 Å². The third kappa shape index (κ3) is 2.76. The van der Waals surface area contributed by atoms with E-state index >= 15 is 0 Å². The number of ether oxygens (including phenoxy) is 2. The molecule has 0 N–H and O–H groups in total. The summed E-state index contributed by atoms with van der Waals surface area (Å²) < 4.78 is 38.1. The van der Waals surface area contributed by atoms with Gasteiger partial charge in [0.15, 0.2) is 11.5 Å². The van der Waals surface area contributed by atoms with Crippen molar-refractivity contribution >= 4 is 10.0 Å². The number of rotatable bonds is 5. The molecule has 2 aromatic carbocycles. The molecule has 0 saturated carbocycles. The molecule has 24 heavy (non-hydrogen) atoms. The maximum atomic E-state index is 12.9. The van der Waals surface area contributed by atoms with E-state index in [-0.39, 0.29) is 6.04 Å². The summed E-state index contributed by atoms with van der Waals surface area (Å²) in [5.74, 6) is 1.20. The van der Waals surface area contributed by atoms with E-state index in [1.54, 1.807) is 32.4 Å². The maximum absolute atomic E-state index is 12.9. The summed E-state index contributed by atoms with van der Waals surface area (Å²) in [4.78, 5) is 0.319. The second-order valence-corrected chi connectivity index (χ2v) is 7.71. The van der Waals surface area contributed by atoms with E-state index in [0.717, 1.165) is 17.5 Å². The lowest BCUT2D eigenvalue weighted by Gasteiger charge is -2.40. The molecule has 1 unspecified atom stereocenters. The van der Waals surface area contributed by atoms with Crippen molar-refractivity contribution in [1.29, 1.82) is 0 Å². The number of hydrogen-bond acceptors (Lipinski definition) is 4. The molecular weight excluding hydrogens is 326 g/mol. The zero-order valence-corrected chi connectivity index (χ0v) is 14.8. The average molecular weight is 347 g/mol. The van der Waals surface area contributed by atoms with E-state index in [1.165, 1.54) is 4.31 Å². The van der Waals surface area contributed by atoms with Crippen molar-refractivity contribution in [3.05, 3.63) is 53.6 Å². The Kier molecular flexibility index (Phi) is 4.51. The summed E-state index contributed by atoms with van der Waals surface area (Å²) in [6, 6.07) is 12.3. The minimum absolute atomic E-state index is 0.235. The fourth-order valence-electron chi connectivity index (χ4n) is 2.98. The van der Waals surface area contributed by atoms with Crippen molar-refractivity contribution in [3.8, 4) is 11.5 Å². The topological polar surface area (TPSA) is 55.8 Å². The van der Waals surface area contributed by atoms with Crippen LogP contribution in [0.5, 0.6) is 11.5 Å². The highest BCUT2D eigenvalue weighted by Crippen LogP contribution is 2.44. The van der Waals surface area contributed by atoms with E-state index in [2.05, 4.69) is 0 Å². The number of nitrogens with zero attached hydrogens (tertiary/aromatic N) is 1. The van der Waals surface area contributed by atoms with Gasteiger partial charge in [-0.1, -0.05) is 29.8 Å². The highest BCUT2D eigenvalue weighted by Gasteiger charge is 2.41. The van der Waals surface area contributed by atoms with Crippen LogP contribution in [-0.4, -0.2) is 33.5 Å². The molecule has 1 saturated heterocycles. The van der Waals surface area contributed by atoms with Crippen LogP contribution in [-0.2, 0) is 10.0 Å². The van der Waals surface area contributed by atoms with Crippen LogP contribution < -0.4 is 9.47 Å². The lowest BCUT2D eigenvalue weighted by Crippen LogP contribution is -2.45. The monoisotopic (exact) mass is 347 g/mol. The summed E-state index contributed by atoms with van der Waals surface area (Å²) in [5.41, 5.74) is 1.86. The Morgan fingerprint density at radius 2 is 1.75 bits per heavy atom. The number of hydrogen-bond donors (Lipinski definition) is 0. The van der Waals surface area contributed by atoms with Gasteiger partial charge in [-0.2, -0.15) is 4.31 Å². The SMILES string of the molecule is COc1cccc(C2CCN2S(=O)(=O)c2ccc(C)cc2)c1OC. The quantitative estimate of drug-likeness (QED) is 0.834. The Balaban J connectivity index is 1.97. The molecule has 1 aliphatic rings. The predicted octanol–water partition coefficient (Wildman–Crippen LogP) is 3.15. The van der Waals surface area contributed by atoms with Crippen LogP contribution in [0.25, 0.3) is 0 Å². The molecule has 0 amide bonds. The molecule has 5 nitrogen and oxygen atoms in total. The second kappa shape index (κ2) is 6.45. The summed E-state index contributed by atoms with van der Waals surface area (Å²) in [7, 11) is -0.383. The average Bonchev–Trinajstić information content (AvgIpc) is 2.53. The summed E-state index contributed by atoms with van der Waals surface area (Å²) in [6.07, 6.45) is 0.759. The van der Waals surface area contributed by atoms with Crippen molar-refractivity contribution in [2.75, 3.05) is 20.8 Å². The minimum Gasteiger partial charge on any atom is -0.493 e. The first-order chi connectivity index (χ1) is 11.5. The first kappa shape index (κ1) is 16.8. The zero-order chi connectivity index (χ0) is 17.3. The Bertz CT molecular complexity index is 831. The zero-order valence-electron chi connectivity index (χ0n) is 14.0. The molecule has 2 aromatic rings. The predicted molar refractivity (Wildman–Crippen MR) is 92.0 cm³/mol. The Morgan fingerprint density at radius 3 is 2.29 bits per heavy atom. The highest BCUT2D eigenvalue weighted by atomic mass is 32.2. The van der Waals surface area contributed by atoms with Crippen LogP contribution in [0.3, 0.4) is 0 Å². The van der Waals surface area contributed by atoms with Crippen LogP contribution in [0, 0.1) is 6.92 Å². The number of sulfonamides is 1. The normalized spacial score (nSPS) is 18.0. The molecule has 1 aliphatic heterocycles. The van der Waals surface area contributed by atoms with Crippen molar-refractivity contribution in [1.82, 2.24) is 4.31 Å². The number of methoxy groups -OCH3 is 2. The van der Waals surface area contributed by atoms with Crippen LogP contribution in [0.15, 0.2) is 47.4 Å². The molecule has 0 radical (unpaired) electrons. The van der Waals surface area contributed by atoms with Crippen molar-refractivity contribution in [2.45, 2.75) is 24.3 Å². The summed E-state index contributed by atoms with van der Waals surface area (Å²) in [6.45, 7) is 2.44. The number of aryl methyl sites for hydroxylation is 1. The minimum atomic E-state index is -3.52. The van der Waals surface area contributed by atoms with Gasteiger partial charge in [-0.3, -0.25) is 0 Å². The van der Waals surface area contributed by atoms with Gasteiger partial charge in [0.1, 0.15) is 0 Å². The first-order valence-electron chi connectivity index (χ1n) is 7.78. The van der Waals surface area contributed by atoms with Gasteiger partial charge in [0.2, 0.25) is 10.0 Å². The number of benzene rings is 2. The van der Waals surface area contributed by atoms with Crippen molar-refractivity contribution in [2.24, 2.45) is 0 Å². The molecule has 0 aromatic heterocycles. The molecule has 128 valence electrons. The highest BCUT2D eigenvalue weighted by molar-refractivity contribution is 7.89.